The molecule has 3 nitrogen and oxygen atoms in total. The van der Waals surface area contributed by atoms with Gasteiger partial charge in [-0.25, -0.2) is 0 Å². The molecule has 19 heavy (non-hydrogen) atoms. The van der Waals surface area contributed by atoms with Crippen molar-refractivity contribution in [2.45, 2.75) is 32.9 Å². The van der Waals surface area contributed by atoms with Crippen LogP contribution in [0.4, 0.5) is 5.69 Å². The fourth-order valence-corrected chi connectivity index (χ4v) is 3.01. The number of benzene rings is 1. The van der Waals surface area contributed by atoms with Crippen molar-refractivity contribution in [2.75, 3.05) is 32.1 Å². The number of anilines is 1. The molecule has 2 N–H and O–H groups in total. The summed E-state index contributed by atoms with van der Waals surface area (Å²) in [5.41, 5.74) is 8.32. The molecule has 0 aromatic heterocycles. The van der Waals surface area contributed by atoms with Gasteiger partial charge in [-0.2, -0.15) is 0 Å². The van der Waals surface area contributed by atoms with Crippen LogP contribution in [-0.2, 0) is 0 Å². The second kappa shape index (κ2) is 7.27. The molecule has 2 atom stereocenters. The van der Waals surface area contributed by atoms with Crippen molar-refractivity contribution in [3.05, 3.63) is 28.2 Å². The molecule has 1 unspecified atom stereocenters. The highest BCUT2D eigenvalue weighted by atomic mass is 79.9. The van der Waals surface area contributed by atoms with E-state index in [4.69, 9.17) is 5.73 Å². The third kappa shape index (κ3) is 4.48. The first-order valence-corrected chi connectivity index (χ1v) is 7.62. The van der Waals surface area contributed by atoms with Crippen LogP contribution >= 0.6 is 15.9 Å². The van der Waals surface area contributed by atoms with E-state index in [1.54, 1.807) is 0 Å². The van der Waals surface area contributed by atoms with Crippen LogP contribution in [-0.4, -0.2) is 38.1 Å². The monoisotopic (exact) mass is 327 g/mol. The minimum absolute atomic E-state index is 0.0691. The molecule has 0 aliphatic heterocycles. The summed E-state index contributed by atoms with van der Waals surface area (Å²) in [7, 11) is 4.22. The van der Waals surface area contributed by atoms with Crippen molar-refractivity contribution in [3.63, 3.8) is 0 Å². The number of hydrogen-bond acceptors (Lipinski definition) is 3. The maximum atomic E-state index is 5.93. The Kier molecular flexibility index (Phi) is 6.30. The van der Waals surface area contributed by atoms with Crippen LogP contribution in [0.15, 0.2) is 22.7 Å². The summed E-state index contributed by atoms with van der Waals surface area (Å²) in [5.74, 6) is 0. The largest absolute Gasteiger partial charge is 0.367 e. The Morgan fingerprint density at radius 2 is 1.89 bits per heavy atom. The van der Waals surface area contributed by atoms with Gasteiger partial charge in [0.1, 0.15) is 0 Å². The van der Waals surface area contributed by atoms with E-state index in [0.29, 0.717) is 6.04 Å². The third-order valence-electron chi connectivity index (χ3n) is 3.31. The number of nitrogens with two attached hydrogens (primary N) is 1. The number of hydrogen-bond donors (Lipinski definition) is 1. The zero-order valence-corrected chi connectivity index (χ0v) is 14.2. The summed E-state index contributed by atoms with van der Waals surface area (Å²) in [5, 5.41) is 0. The Morgan fingerprint density at radius 1 is 1.26 bits per heavy atom. The van der Waals surface area contributed by atoms with Gasteiger partial charge in [0.2, 0.25) is 0 Å². The van der Waals surface area contributed by atoms with Crippen LogP contribution in [0, 0.1) is 0 Å². The average Bonchev–Trinajstić information content (AvgIpc) is 2.30. The fourth-order valence-electron chi connectivity index (χ4n) is 2.39. The molecule has 1 aromatic rings. The van der Waals surface area contributed by atoms with Crippen molar-refractivity contribution < 1.29 is 0 Å². The Labute approximate surface area is 125 Å². The van der Waals surface area contributed by atoms with E-state index in [2.05, 4.69) is 71.9 Å². The van der Waals surface area contributed by atoms with Gasteiger partial charge in [0.15, 0.2) is 0 Å². The Balaban J connectivity index is 2.98. The molecule has 0 aliphatic carbocycles. The normalized spacial score (nSPS) is 14.5. The van der Waals surface area contributed by atoms with Crippen LogP contribution in [0.5, 0.6) is 0 Å². The minimum Gasteiger partial charge on any atom is -0.367 e. The Bertz CT molecular complexity index is 404. The van der Waals surface area contributed by atoms with E-state index in [1.807, 2.05) is 6.92 Å². The SMILES string of the molecule is CCN(c1ccc([C@H](C)N)cc1Br)C(C)CN(C)C. The van der Waals surface area contributed by atoms with Gasteiger partial charge in [-0.1, -0.05) is 6.07 Å². The number of rotatable bonds is 6. The highest BCUT2D eigenvalue weighted by molar-refractivity contribution is 9.10. The first-order valence-electron chi connectivity index (χ1n) is 6.83. The van der Waals surface area contributed by atoms with E-state index in [9.17, 15) is 0 Å². The second-order valence-electron chi connectivity index (χ2n) is 5.40. The lowest BCUT2D eigenvalue weighted by Gasteiger charge is -2.33. The maximum absolute atomic E-state index is 5.93. The van der Waals surface area contributed by atoms with Gasteiger partial charge in [-0.3, -0.25) is 0 Å². The van der Waals surface area contributed by atoms with Crippen LogP contribution in [0.1, 0.15) is 32.4 Å². The predicted molar refractivity (Wildman–Crippen MR) is 87.8 cm³/mol. The van der Waals surface area contributed by atoms with Gasteiger partial charge in [0.05, 0.1) is 5.69 Å². The first kappa shape index (κ1) is 16.5. The van der Waals surface area contributed by atoms with Crippen LogP contribution in [0.2, 0.25) is 0 Å². The molecule has 0 saturated carbocycles. The summed E-state index contributed by atoms with van der Waals surface area (Å²) in [4.78, 5) is 4.63. The quantitative estimate of drug-likeness (QED) is 0.870. The van der Waals surface area contributed by atoms with Crippen LogP contribution < -0.4 is 10.6 Å². The summed E-state index contributed by atoms with van der Waals surface area (Å²) >= 11 is 3.68. The van der Waals surface area contributed by atoms with Gasteiger partial charge >= 0.3 is 0 Å². The lowest BCUT2D eigenvalue weighted by Crippen LogP contribution is -2.40. The van der Waals surface area contributed by atoms with Gasteiger partial charge in [-0.05, 0) is 68.5 Å². The standard InChI is InChI=1S/C15H26BrN3/c1-6-19(11(2)10-18(4)5)15-8-7-13(12(3)17)9-14(15)16/h7-9,11-12H,6,10,17H2,1-5H3/t11?,12-/m0/s1. The van der Waals surface area contributed by atoms with E-state index < -0.39 is 0 Å². The molecule has 4 heteroatoms. The third-order valence-corrected chi connectivity index (χ3v) is 3.94. The summed E-state index contributed by atoms with van der Waals surface area (Å²) in [6.07, 6.45) is 0. The maximum Gasteiger partial charge on any atom is 0.0513 e. The van der Waals surface area contributed by atoms with Crippen molar-refractivity contribution in [3.8, 4) is 0 Å². The second-order valence-corrected chi connectivity index (χ2v) is 6.25. The van der Waals surface area contributed by atoms with Gasteiger partial charge in [-0.15, -0.1) is 0 Å². The molecule has 0 radical (unpaired) electrons. The molecule has 0 bridgehead atoms. The van der Waals surface area contributed by atoms with E-state index in [-0.39, 0.29) is 6.04 Å². The molecular weight excluding hydrogens is 302 g/mol. The van der Waals surface area contributed by atoms with Gasteiger partial charge in [0.25, 0.3) is 0 Å². The molecule has 0 aliphatic rings. The zero-order valence-electron chi connectivity index (χ0n) is 12.7. The topological polar surface area (TPSA) is 32.5 Å². The molecule has 0 amide bonds. The molecule has 1 rings (SSSR count). The fraction of sp³-hybridized carbons (Fsp3) is 0.600. The number of nitrogens with zero attached hydrogens (tertiary/aromatic N) is 2. The van der Waals surface area contributed by atoms with Crippen molar-refractivity contribution >= 4 is 21.6 Å². The first-order chi connectivity index (χ1) is 8.86. The zero-order chi connectivity index (χ0) is 14.6. The lowest BCUT2D eigenvalue weighted by atomic mass is 10.1. The number of likely N-dealkylation sites (N-methyl/N-ethyl adjacent to an activating group) is 2. The highest BCUT2D eigenvalue weighted by Gasteiger charge is 2.16. The van der Waals surface area contributed by atoms with E-state index in [0.717, 1.165) is 23.1 Å². The summed E-state index contributed by atoms with van der Waals surface area (Å²) < 4.78 is 1.12. The summed E-state index contributed by atoms with van der Waals surface area (Å²) in [6.45, 7) is 8.49. The average molecular weight is 328 g/mol. The van der Waals surface area contributed by atoms with Gasteiger partial charge in [0, 0.05) is 29.6 Å². The van der Waals surface area contributed by atoms with Crippen LogP contribution in [0.3, 0.4) is 0 Å². The Morgan fingerprint density at radius 3 is 2.32 bits per heavy atom. The smallest absolute Gasteiger partial charge is 0.0513 e. The van der Waals surface area contributed by atoms with E-state index >= 15 is 0 Å². The van der Waals surface area contributed by atoms with Crippen molar-refractivity contribution in [1.82, 2.24) is 4.90 Å². The van der Waals surface area contributed by atoms with Crippen molar-refractivity contribution in [1.29, 1.82) is 0 Å². The predicted octanol–water partition coefficient (Wildman–Crippen LogP) is 3.25. The highest BCUT2D eigenvalue weighted by Crippen LogP contribution is 2.30. The molecule has 0 fully saturated rings. The van der Waals surface area contributed by atoms with Crippen molar-refractivity contribution in [2.24, 2.45) is 5.73 Å². The Hall–Kier alpha value is -0.580. The molecule has 0 saturated heterocycles. The molecular formula is C15H26BrN3. The van der Waals surface area contributed by atoms with E-state index in [1.165, 1.54) is 5.69 Å². The van der Waals surface area contributed by atoms with Crippen LogP contribution in [0.25, 0.3) is 0 Å². The van der Waals surface area contributed by atoms with Gasteiger partial charge < -0.3 is 15.5 Å². The summed E-state index contributed by atoms with van der Waals surface area (Å²) in [6, 6.07) is 6.95. The lowest BCUT2D eigenvalue weighted by molar-refractivity contribution is 0.373. The molecule has 1 aromatic carbocycles. The number of halogens is 1. The molecule has 0 heterocycles. The molecule has 0 spiro atoms. The minimum atomic E-state index is 0.0691. The molecule has 108 valence electrons.